The van der Waals surface area contributed by atoms with Gasteiger partial charge in [-0.3, -0.25) is 9.69 Å². The molecule has 3 rings (SSSR count). The average molecular weight is 397 g/mol. The Balaban J connectivity index is 1.45. The van der Waals surface area contributed by atoms with Crippen molar-refractivity contribution in [2.24, 2.45) is 0 Å². The second-order valence-corrected chi connectivity index (χ2v) is 7.79. The molecule has 5 heteroatoms. The maximum Gasteiger partial charge on any atom is 0.261 e. The molecule has 2 aromatic rings. The summed E-state index contributed by atoms with van der Waals surface area (Å²) in [7, 11) is 1.62. The van der Waals surface area contributed by atoms with Gasteiger partial charge >= 0.3 is 0 Å². The summed E-state index contributed by atoms with van der Waals surface area (Å²) >= 11 is 0. The second kappa shape index (κ2) is 10.3. The van der Waals surface area contributed by atoms with Gasteiger partial charge in [0.05, 0.1) is 7.11 Å². The van der Waals surface area contributed by atoms with Crippen molar-refractivity contribution in [3.63, 3.8) is 0 Å². The largest absolute Gasteiger partial charge is 0.497 e. The van der Waals surface area contributed by atoms with Gasteiger partial charge in [-0.05, 0) is 68.6 Å². The molecule has 29 heavy (non-hydrogen) atoms. The molecular weight excluding hydrogens is 364 g/mol. The fourth-order valence-electron chi connectivity index (χ4n) is 3.63. The van der Waals surface area contributed by atoms with Crippen molar-refractivity contribution in [1.29, 1.82) is 0 Å². The summed E-state index contributed by atoms with van der Waals surface area (Å²) in [5.74, 6) is 1.27. The van der Waals surface area contributed by atoms with E-state index < -0.39 is 6.10 Å². The van der Waals surface area contributed by atoms with Crippen molar-refractivity contribution in [3.8, 4) is 11.5 Å². The highest BCUT2D eigenvalue weighted by atomic mass is 16.5. The summed E-state index contributed by atoms with van der Waals surface area (Å²) in [5.41, 5.74) is 2.41. The van der Waals surface area contributed by atoms with Crippen LogP contribution in [-0.4, -0.2) is 36.6 Å². The first kappa shape index (κ1) is 21.2. The van der Waals surface area contributed by atoms with Crippen LogP contribution in [0.25, 0.3) is 0 Å². The Hall–Kier alpha value is -2.53. The summed E-state index contributed by atoms with van der Waals surface area (Å²) in [5, 5.41) is 2.95. The van der Waals surface area contributed by atoms with Gasteiger partial charge in [-0.1, -0.05) is 30.7 Å². The zero-order valence-electron chi connectivity index (χ0n) is 17.7. The van der Waals surface area contributed by atoms with Crippen molar-refractivity contribution >= 4 is 5.91 Å². The number of carbonyl (C=O) groups excluding carboxylic acids is 1. The van der Waals surface area contributed by atoms with E-state index in [2.05, 4.69) is 41.4 Å². The molecule has 156 valence electrons. The maximum atomic E-state index is 12.3. The van der Waals surface area contributed by atoms with Crippen molar-refractivity contribution in [2.45, 2.75) is 58.3 Å². The Kier molecular flexibility index (Phi) is 7.53. The Morgan fingerprint density at radius 1 is 1.07 bits per heavy atom. The summed E-state index contributed by atoms with van der Waals surface area (Å²) in [6.45, 7) is 6.75. The molecule has 2 unspecified atom stereocenters. The third-order valence-corrected chi connectivity index (χ3v) is 5.56. The van der Waals surface area contributed by atoms with Gasteiger partial charge in [-0.2, -0.15) is 0 Å². The van der Waals surface area contributed by atoms with E-state index in [1.165, 1.54) is 31.4 Å². The van der Waals surface area contributed by atoms with Crippen LogP contribution in [0, 0.1) is 0 Å². The number of nitrogens with zero attached hydrogens (tertiary/aromatic N) is 1. The highest BCUT2D eigenvalue weighted by Gasteiger charge is 2.18. The Morgan fingerprint density at radius 3 is 2.38 bits per heavy atom. The van der Waals surface area contributed by atoms with E-state index in [1.54, 1.807) is 26.2 Å². The minimum atomic E-state index is -0.566. The highest BCUT2D eigenvalue weighted by molar-refractivity contribution is 5.80. The number of hydrogen-bond donors (Lipinski definition) is 1. The minimum absolute atomic E-state index is 0.132. The fraction of sp³-hybridized carbons (Fsp3) is 0.458. The van der Waals surface area contributed by atoms with Crippen LogP contribution in [0.15, 0.2) is 48.5 Å². The summed E-state index contributed by atoms with van der Waals surface area (Å²) in [6, 6.07) is 16.4. The molecule has 1 amide bonds. The van der Waals surface area contributed by atoms with Gasteiger partial charge in [0.1, 0.15) is 11.5 Å². The molecule has 1 heterocycles. The number of rotatable bonds is 8. The molecule has 1 fully saturated rings. The van der Waals surface area contributed by atoms with Gasteiger partial charge in [0.2, 0.25) is 0 Å². The molecule has 0 aromatic heterocycles. The predicted molar refractivity (Wildman–Crippen MR) is 115 cm³/mol. The van der Waals surface area contributed by atoms with E-state index in [0.717, 1.165) is 17.9 Å². The Labute approximate surface area is 174 Å². The molecule has 0 aliphatic carbocycles. The molecule has 0 saturated carbocycles. The molecule has 2 aromatic carbocycles. The van der Waals surface area contributed by atoms with E-state index in [-0.39, 0.29) is 5.91 Å². The van der Waals surface area contributed by atoms with Crippen LogP contribution < -0.4 is 14.8 Å². The van der Waals surface area contributed by atoms with Gasteiger partial charge < -0.3 is 14.8 Å². The molecule has 5 nitrogen and oxygen atoms in total. The zero-order chi connectivity index (χ0) is 20.6. The lowest BCUT2D eigenvalue weighted by Gasteiger charge is -2.33. The van der Waals surface area contributed by atoms with Crippen molar-refractivity contribution in [1.82, 2.24) is 10.2 Å². The molecule has 1 saturated heterocycles. The Morgan fingerprint density at radius 2 is 1.72 bits per heavy atom. The van der Waals surface area contributed by atoms with Crippen LogP contribution in [0.5, 0.6) is 11.5 Å². The van der Waals surface area contributed by atoms with Gasteiger partial charge in [0.25, 0.3) is 5.91 Å². The molecule has 0 spiro atoms. The summed E-state index contributed by atoms with van der Waals surface area (Å²) in [4.78, 5) is 14.9. The number of amides is 1. The first-order valence-electron chi connectivity index (χ1n) is 10.5. The van der Waals surface area contributed by atoms with Crippen LogP contribution >= 0.6 is 0 Å². The predicted octanol–water partition coefficient (Wildman–Crippen LogP) is 4.15. The average Bonchev–Trinajstić information content (AvgIpc) is 2.75. The van der Waals surface area contributed by atoms with E-state index in [0.29, 0.717) is 18.3 Å². The summed E-state index contributed by atoms with van der Waals surface area (Å²) in [6.07, 6.45) is 3.37. The lowest BCUT2D eigenvalue weighted by Crippen LogP contribution is -2.36. The van der Waals surface area contributed by atoms with Gasteiger partial charge in [0, 0.05) is 19.1 Å². The topological polar surface area (TPSA) is 50.8 Å². The van der Waals surface area contributed by atoms with Crippen molar-refractivity contribution < 1.29 is 14.3 Å². The number of benzene rings is 2. The van der Waals surface area contributed by atoms with Crippen LogP contribution in [0.1, 0.15) is 44.2 Å². The normalized spacial score (nSPS) is 18.1. The quantitative estimate of drug-likeness (QED) is 0.728. The Bertz CT molecular complexity index is 774. The van der Waals surface area contributed by atoms with E-state index in [1.807, 2.05) is 12.1 Å². The summed E-state index contributed by atoms with van der Waals surface area (Å²) < 4.78 is 10.8. The molecule has 1 aliphatic rings. The van der Waals surface area contributed by atoms with Gasteiger partial charge in [-0.25, -0.2) is 0 Å². The lowest BCUT2D eigenvalue weighted by molar-refractivity contribution is -0.127. The molecule has 1 aliphatic heterocycles. The van der Waals surface area contributed by atoms with Crippen LogP contribution in [0.3, 0.4) is 0 Å². The van der Waals surface area contributed by atoms with Crippen LogP contribution in [0.4, 0.5) is 0 Å². The number of methoxy groups -OCH3 is 1. The van der Waals surface area contributed by atoms with Crippen LogP contribution in [-0.2, 0) is 17.9 Å². The third kappa shape index (κ3) is 6.23. The van der Waals surface area contributed by atoms with Gasteiger partial charge in [-0.15, -0.1) is 0 Å². The number of hydrogen-bond acceptors (Lipinski definition) is 4. The number of nitrogens with one attached hydrogen (secondary N) is 1. The molecule has 0 bridgehead atoms. The zero-order valence-corrected chi connectivity index (χ0v) is 17.7. The van der Waals surface area contributed by atoms with Crippen molar-refractivity contribution in [2.75, 3.05) is 13.7 Å². The van der Waals surface area contributed by atoms with E-state index in [9.17, 15) is 4.79 Å². The number of carbonyl (C=O) groups is 1. The highest BCUT2D eigenvalue weighted by Crippen LogP contribution is 2.20. The number of likely N-dealkylation sites (tertiary alicyclic amines) is 1. The third-order valence-electron chi connectivity index (χ3n) is 5.56. The van der Waals surface area contributed by atoms with E-state index >= 15 is 0 Å². The number of ether oxygens (including phenoxy) is 2. The minimum Gasteiger partial charge on any atom is -0.497 e. The second-order valence-electron chi connectivity index (χ2n) is 7.79. The molecular formula is C24H32N2O3. The maximum absolute atomic E-state index is 12.3. The monoisotopic (exact) mass is 396 g/mol. The smallest absolute Gasteiger partial charge is 0.261 e. The molecule has 2 atom stereocenters. The van der Waals surface area contributed by atoms with Crippen molar-refractivity contribution in [3.05, 3.63) is 59.7 Å². The lowest BCUT2D eigenvalue weighted by atomic mass is 10.0. The van der Waals surface area contributed by atoms with E-state index in [4.69, 9.17) is 9.47 Å². The van der Waals surface area contributed by atoms with Crippen LogP contribution in [0.2, 0.25) is 0 Å². The fourth-order valence-corrected chi connectivity index (χ4v) is 3.63. The number of piperidine rings is 1. The SMILES string of the molecule is COc1ccc(OC(C)C(=O)NCc2ccc(CN3CCCCC3C)cc2)cc1. The molecule has 0 radical (unpaired) electrons. The standard InChI is InChI=1S/C24H32N2O3/c1-18-6-4-5-15-26(18)17-21-9-7-20(8-10-21)16-25-24(27)19(2)29-23-13-11-22(28-3)12-14-23/h7-14,18-19H,4-6,15-17H2,1-3H3,(H,25,27). The first-order chi connectivity index (χ1) is 14.0. The van der Waals surface area contributed by atoms with Gasteiger partial charge in [0.15, 0.2) is 6.10 Å². The molecule has 1 N–H and O–H groups in total. The first-order valence-corrected chi connectivity index (χ1v) is 10.5.